The topological polar surface area (TPSA) is 42.1 Å². The summed E-state index contributed by atoms with van der Waals surface area (Å²) >= 11 is 0. The van der Waals surface area contributed by atoms with Gasteiger partial charge in [0.05, 0.1) is 5.52 Å². The average molecular weight is 285 g/mol. The number of hydrogen-bond donors (Lipinski definition) is 1. The largest absolute Gasteiger partial charge is 0.329 e. The second kappa shape index (κ2) is 7.01. The van der Waals surface area contributed by atoms with E-state index in [2.05, 4.69) is 62.0 Å². The van der Waals surface area contributed by atoms with E-state index < -0.39 is 0 Å². The summed E-state index contributed by atoms with van der Waals surface area (Å²) in [4.78, 5) is 6.78. The smallest absolute Gasteiger partial charge is 0.0702 e. The first kappa shape index (κ1) is 15.9. The lowest BCUT2D eigenvalue weighted by Crippen LogP contribution is -2.37. The summed E-state index contributed by atoms with van der Waals surface area (Å²) in [6.07, 6.45) is 3.02. The molecule has 0 saturated heterocycles. The lowest BCUT2D eigenvalue weighted by atomic mass is 9.98. The van der Waals surface area contributed by atoms with E-state index in [9.17, 15) is 0 Å². The standard InChI is InChI=1S/C18H27N3/c1-13(2)10-14(3)21(4)18(12-19)16-7-8-17-15(11-16)6-5-9-20-17/h5-9,11,13-14,18H,10,12,19H2,1-4H3. The quantitative estimate of drug-likeness (QED) is 0.881. The molecule has 1 aromatic heterocycles. The molecule has 1 heterocycles. The first-order valence-electron chi connectivity index (χ1n) is 7.79. The molecule has 0 fully saturated rings. The molecule has 2 atom stereocenters. The predicted molar refractivity (Wildman–Crippen MR) is 90.2 cm³/mol. The molecule has 0 amide bonds. The minimum absolute atomic E-state index is 0.253. The Morgan fingerprint density at radius 1 is 1.19 bits per heavy atom. The van der Waals surface area contributed by atoms with Crippen molar-refractivity contribution in [3.05, 3.63) is 42.1 Å². The fraction of sp³-hybridized carbons (Fsp3) is 0.500. The first-order chi connectivity index (χ1) is 10.0. The van der Waals surface area contributed by atoms with Gasteiger partial charge in [-0.25, -0.2) is 0 Å². The van der Waals surface area contributed by atoms with Crippen molar-refractivity contribution < 1.29 is 0 Å². The Kier molecular flexibility index (Phi) is 5.32. The van der Waals surface area contributed by atoms with Gasteiger partial charge in [-0.2, -0.15) is 0 Å². The number of nitrogens with two attached hydrogens (primary N) is 1. The molecule has 2 aromatic rings. The zero-order chi connectivity index (χ0) is 15.4. The van der Waals surface area contributed by atoms with Crippen molar-refractivity contribution >= 4 is 10.9 Å². The molecular weight excluding hydrogens is 258 g/mol. The van der Waals surface area contributed by atoms with Gasteiger partial charge in [-0.15, -0.1) is 0 Å². The van der Waals surface area contributed by atoms with E-state index in [-0.39, 0.29) is 6.04 Å². The molecule has 21 heavy (non-hydrogen) atoms. The second-order valence-electron chi connectivity index (χ2n) is 6.35. The van der Waals surface area contributed by atoms with Gasteiger partial charge in [-0.3, -0.25) is 9.88 Å². The molecule has 3 nitrogen and oxygen atoms in total. The molecule has 2 N–H and O–H groups in total. The molecule has 3 heteroatoms. The van der Waals surface area contributed by atoms with Gasteiger partial charge in [0.2, 0.25) is 0 Å². The monoisotopic (exact) mass is 285 g/mol. The lowest BCUT2D eigenvalue weighted by Gasteiger charge is -2.33. The molecule has 114 valence electrons. The summed E-state index contributed by atoms with van der Waals surface area (Å²) < 4.78 is 0. The van der Waals surface area contributed by atoms with Crippen LogP contribution in [0.2, 0.25) is 0 Å². The van der Waals surface area contributed by atoms with Crippen LogP contribution in [0.3, 0.4) is 0 Å². The predicted octanol–water partition coefficient (Wildman–Crippen LogP) is 3.60. The van der Waals surface area contributed by atoms with Gasteiger partial charge < -0.3 is 5.73 Å². The van der Waals surface area contributed by atoms with E-state index in [1.807, 2.05) is 12.3 Å². The Bertz CT molecular complexity index is 579. The van der Waals surface area contributed by atoms with Gasteiger partial charge in [0.25, 0.3) is 0 Å². The lowest BCUT2D eigenvalue weighted by molar-refractivity contribution is 0.169. The maximum absolute atomic E-state index is 6.06. The number of hydrogen-bond acceptors (Lipinski definition) is 3. The second-order valence-corrected chi connectivity index (χ2v) is 6.35. The van der Waals surface area contributed by atoms with Crippen molar-refractivity contribution in [2.45, 2.75) is 39.3 Å². The Hall–Kier alpha value is -1.45. The van der Waals surface area contributed by atoms with Crippen molar-refractivity contribution in [1.82, 2.24) is 9.88 Å². The maximum Gasteiger partial charge on any atom is 0.0702 e. The Balaban J connectivity index is 2.26. The molecule has 0 aliphatic rings. The summed E-state index contributed by atoms with van der Waals surface area (Å²) in [5.41, 5.74) is 8.37. The molecule has 0 aliphatic carbocycles. The molecule has 0 spiro atoms. The number of nitrogens with zero attached hydrogens (tertiary/aromatic N) is 2. The Morgan fingerprint density at radius 2 is 1.95 bits per heavy atom. The summed E-state index contributed by atoms with van der Waals surface area (Å²) in [6, 6.07) is 11.3. The molecule has 0 radical (unpaired) electrons. The molecular formula is C18H27N3. The zero-order valence-electron chi connectivity index (χ0n) is 13.6. The van der Waals surface area contributed by atoms with Crippen molar-refractivity contribution in [2.24, 2.45) is 11.7 Å². The van der Waals surface area contributed by atoms with Gasteiger partial charge in [0.15, 0.2) is 0 Å². The molecule has 0 saturated carbocycles. The van der Waals surface area contributed by atoms with E-state index in [4.69, 9.17) is 5.73 Å². The SMILES string of the molecule is CC(C)CC(C)N(C)C(CN)c1ccc2ncccc2c1. The van der Waals surface area contributed by atoms with E-state index in [0.29, 0.717) is 18.5 Å². The van der Waals surface area contributed by atoms with Crippen molar-refractivity contribution in [3.8, 4) is 0 Å². The van der Waals surface area contributed by atoms with E-state index in [0.717, 1.165) is 5.52 Å². The molecule has 0 aliphatic heterocycles. The van der Waals surface area contributed by atoms with Crippen LogP contribution in [-0.4, -0.2) is 29.5 Å². The number of benzene rings is 1. The van der Waals surface area contributed by atoms with Crippen LogP contribution in [-0.2, 0) is 0 Å². The minimum atomic E-state index is 0.253. The molecule has 2 unspecified atom stereocenters. The summed E-state index contributed by atoms with van der Waals surface area (Å²) in [7, 11) is 2.18. The van der Waals surface area contributed by atoms with E-state index in [1.165, 1.54) is 17.4 Å². The Labute approximate surface area is 128 Å². The van der Waals surface area contributed by atoms with Crippen LogP contribution < -0.4 is 5.73 Å². The van der Waals surface area contributed by atoms with Crippen LogP contribution in [0.4, 0.5) is 0 Å². The summed E-state index contributed by atoms with van der Waals surface area (Å²) in [6.45, 7) is 7.45. The number of aromatic nitrogens is 1. The third kappa shape index (κ3) is 3.80. The number of fused-ring (bicyclic) bond motifs is 1. The van der Waals surface area contributed by atoms with Crippen LogP contribution in [0.5, 0.6) is 0 Å². The third-order valence-corrected chi connectivity index (χ3v) is 4.23. The number of pyridine rings is 1. The van der Waals surface area contributed by atoms with Crippen molar-refractivity contribution in [1.29, 1.82) is 0 Å². The fourth-order valence-electron chi connectivity index (χ4n) is 2.99. The van der Waals surface area contributed by atoms with Gasteiger partial charge >= 0.3 is 0 Å². The van der Waals surface area contributed by atoms with Crippen LogP contribution in [0.25, 0.3) is 10.9 Å². The minimum Gasteiger partial charge on any atom is -0.329 e. The highest BCUT2D eigenvalue weighted by Crippen LogP contribution is 2.25. The molecule has 1 aromatic carbocycles. The van der Waals surface area contributed by atoms with Gasteiger partial charge in [-0.05, 0) is 50.1 Å². The number of rotatable bonds is 6. The molecule has 0 bridgehead atoms. The van der Waals surface area contributed by atoms with Crippen LogP contribution in [0.15, 0.2) is 36.5 Å². The highest BCUT2D eigenvalue weighted by molar-refractivity contribution is 5.79. The molecule has 2 rings (SSSR count). The van der Waals surface area contributed by atoms with Crippen LogP contribution in [0.1, 0.15) is 38.8 Å². The third-order valence-electron chi connectivity index (χ3n) is 4.23. The average Bonchev–Trinajstić information content (AvgIpc) is 2.47. The van der Waals surface area contributed by atoms with E-state index >= 15 is 0 Å². The number of likely N-dealkylation sites (N-methyl/N-ethyl adjacent to an activating group) is 1. The zero-order valence-corrected chi connectivity index (χ0v) is 13.6. The highest BCUT2D eigenvalue weighted by atomic mass is 15.2. The van der Waals surface area contributed by atoms with Crippen LogP contribution >= 0.6 is 0 Å². The fourth-order valence-corrected chi connectivity index (χ4v) is 2.99. The normalized spacial score (nSPS) is 14.8. The van der Waals surface area contributed by atoms with E-state index in [1.54, 1.807) is 0 Å². The van der Waals surface area contributed by atoms with Crippen molar-refractivity contribution in [3.63, 3.8) is 0 Å². The highest BCUT2D eigenvalue weighted by Gasteiger charge is 2.21. The summed E-state index contributed by atoms with van der Waals surface area (Å²) in [5, 5.41) is 1.18. The maximum atomic E-state index is 6.06. The van der Waals surface area contributed by atoms with Gasteiger partial charge in [0, 0.05) is 30.2 Å². The van der Waals surface area contributed by atoms with Gasteiger partial charge in [-0.1, -0.05) is 26.0 Å². The Morgan fingerprint density at radius 3 is 2.62 bits per heavy atom. The van der Waals surface area contributed by atoms with Crippen LogP contribution in [0, 0.1) is 5.92 Å². The van der Waals surface area contributed by atoms with Crippen molar-refractivity contribution in [2.75, 3.05) is 13.6 Å². The first-order valence-corrected chi connectivity index (χ1v) is 7.79. The van der Waals surface area contributed by atoms with Gasteiger partial charge in [0.1, 0.15) is 0 Å². The summed E-state index contributed by atoms with van der Waals surface area (Å²) in [5.74, 6) is 0.696.